The zero-order valence-corrected chi connectivity index (χ0v) is 13.5. The van der Waals surface area contributed by atoms with Gasteiger partial charge in [-0.1, -0.05) is 38.8 Å². The van der Waals surface area contributed by atoms with E-state index in [9.17, 15) is 0 Å². The highest BCUT2D eigenvalue weighted by molar-refractivity contribution is 5.43. The van der Waals surface area contributed by atoms with Gasteiger partial charge in [-0.2, -0.15) is 0 Å². The van der Waals surface area contributed by atoms with Crippen molar-refractivity contribution in [2.24, 2.45) is 35.5 Å². The van der Waals surface area contributed by atoms with Gasteiger partial charge in [-0.25, -0.2) is 0 Å². The lowest BCUT2D eigenvalue weighted by molar-refractivity contribution is 0.0447. The van der Waals surface area contributed by atoms with Crippen molar-refractivity contribution in [3.63, 3.8) is 0 Å². The van der Waals surface area contributed by atoms with Gasteiger partial charge in [-0.05, 0) is 74.3 Å². The maximum Gasteiger partial charge on any atom is -0.0103 e. The summed E-state index contributed by atoms with van der Waals surface area (Å²) >= 11 is 0. The van der Waals surface area contributed by atoms with Gasteiger partial charge in [-0.3, -0.25) is 0 Å². The quantitative estimate of drug-likeness (QED) is 0.532. The topological polar surface area (TPSA) is 0 Å². The molecule has 0 bridgehead atoms. The van der Waals surface area contributed by atoms with Gasteiger partial charge in [0.25, 0.3) is 0 Å². The Balaban J connectivity index is 2.53. The number of fused-ring (bicyclic) bond motifs is 1. The zero-order chi connectivity index (χ0) is 13.8. The van der Waals surface area contributed by atoms with E-state index in [-0.39, 0.29) is 0 Å². The lowest BCUT2D eigenvalue weighted by Gasteiger charge is -2.52. The summed E-state index contributed by atoms with van der Waals surface area (Å²) < 4.78 is 0. The summed E-state index contributed by atoms with van der Waals surface area (Å²) in [6, 6.07) is 0. The maximum atomic E-state index is 2.48. The van der Waals surface area contributed by atoms with Gasteiger partial charge in [0.15, 0.2) is 0 Å². The molecule has 6 unspecified atom stereocenters. The third kappa shape index (κ3) is 1.72. The SMILES string of the molecule is CC1=C(C)C2C(C)C(C)C(C)C(C)C2C(C)=C1C. The maximum absolute atomic E-state index is 2.48. The van der Waals surface area contributed by atoms with Crippen LogP contribution < -0.4 is 0 Å². The minimum Gasteiger partial charge on any atom is -0.0661 e. The van der Waals surface area contributed by atoms with Gasteiger partial charge in [0.05, 0.1) is 0 Å². The van der Waals surface area contributed by atoms with Crippen LogP contribution in [0.1, 0.15) is 55.4 Å². The predicted molar refractivity (Wildman–Crippen MR) is 80.4 cm³/mol. The second kappa shape index (κ2) is 4.54. The summed E-state index contributed by atoms with van der Waals surface area (Å²) in [5, 5.41) is 0. The summed E-state index contributed by atoms with van der Waals surface area (Å²) in [6.07, 6.45) is 0. The van der Waals surface area contributed by atoms with Crippen LogP contribution in [0.4, 0.5) is 0 Å². The molecular formula is C18H30. The molecule has 18 heavy (non-hydrogen) atoms. The van der Waals surface area contributed by atoms with Crippen LogP contribution in [-0.4, -0.2) is 0 Å². The molecule has 2 rings (SSSR count). The van der Waals surface area contributed by atoms with Crippen LogP contribution >= 0.6 is 0 Å². The summed E-state index contributed by atoms with van der Waals surface area (Å²) in [5.41, 5.74) is 6.46. The average Bonchev–Trinajstić information content (AvgIpc) is 2.35. The number of rotatable bonds is 0. The predicted octanol–water partition coefficient (Wildman–Crippen LogP) is 5.46. The van der Waals surface area contributed by atoms with Crippen molar-refractivity contribution >= 4 is 0 Å². The normalized spacial score (nSPS) is 45.3. The molecule has 1 saturated carbocycles. The van der Waals surface area contributed by atoms with Gasteiger partial charge >= 0.3 is 0 Å². The molecule has 0 nitrogen and oxygen atoms in total. The minimum atomic E-state index is 0.787. The molecule has 0 heteroatoms. The van der Waals surface area contributed by atoms with Crippen molar-refractivity contribution in [1.82, 2.24) is 0 Å². The molecular weight excluding hydrogens is 216 g/mol. The fraction of sp³-hybridized carbons (Fsp3) is 0.778. The van der Waals surface area contributed by atoms with E-state index < -0.39 is 0 Å². The molecule has 0 aliphatic heterocycles. The standard InChI is InChI=1S/C18H30/c1-9-10(2)14(6)18-16(8)12(4)11(3)15(7)17(18)13(9)5/h9-10,13-14,17-18H,1-8H3. The van der Waals surface area contributed by atoms with Crippen LogP contribution in [0.3, 0.4) is 0 Å². The van der Waals surface area contributed by atoms with Gasteiger partial charge < -0.3 is 0 Å². The smallest absolute Gasteiger partial charge is 0.0103 e. The summed E-state index contributed by atoms with van der Waals surface area (Å²) in [6.45, 7) is 19.3. The molecule has 0 heterocycles. The molecule has 1 fully saturated rings. The van der Waals surface area contributed by atoms with E-state index in [0.29, 0.717) is 0 Å². The molecule has 2 aliphatic carbocycles. The summed E-state index contributed by atoms with van der Waals surface area (Å²) in [5.74, 6) is 4.90. The molecule has 0 aromatic heterocycles. The van der Waals surface area contributed by atoms with Gasteiger partial charge in [0.2, 0.25) is 0 Å². The molecule has 0 N–H and O–H groups in total. The Morgan fingerprint density at radius 1 is 0.500 bits per heavy atom. The van der Waals surface area contributed by atoms with Gasteiger partial charge in [-0.15, -0.1) is 0 Å². The minimum absolute atomic E-state index is 0.787. The highest BCUT2D eigenvalue weighted by atomic mass is 14.5. The Morgan fingerprint density at radius 3 is 1.06 bits per heavy atom. The molecule has 0 aromatic rings. The molecule has 0 spiro atoms. The average molecular weight is 246 g/mol. The Labute approximate surface area is 114 Å². The van der Waals surface area contributed by atoms with Crippen LogP contribution in [0.15, 0.2) is 22.3 Å². The van der Waals surface area contributed by atoms with Crippen LogP contribution in [0.2, 0.25) is 0 Å². The largest absolute Gasteiger partial charge is 0.0661 e. The molecule has 0 saturated heterocycles. The first-order chi connectivity index (χ1) is 8.29. The van der Waals surface area contributed by atoms with E-state index in [0.717, 1.165) is 35.5 Å². The summed E-state index contributed by atoms with van der Waals surface area (Å²) in [4.78, 5) is 0. The monoisotopic (exact) mass is 246 g/mol. The zero-order valence-electron chi connectivity index (χ0n) is 13.5. The Kier molecular flexibility index (Phi) is 3.51. The first kappa shape index (κ1) is 13.9. The number of allylic oxidation sites excluding steroid dienone is 4. The van der Waals surface area contributed by atoms with Crippen molar-refractivity contribution in [2.45, 2.75) is 55.4 Å². The third-order valence-corrected chi connectivity index (χ3v) is 6.75. The second-order valence-electron chi connectivity index (χ2n) is 7.10. The molecule has 0 aromatic carbocycles. The lowest BCUT2D eigenvalue weighted by Crippen LogP contribution is -2.45. The van der Waals surface area contributed by atoms with Crippen molar-refractivity contribution < 1.29 is 0 Å². The molecule has 2 aliphatic rings. The van der Waals surface area contributed by atoms with Crippen LogP contribution in [0.25, 0.3) is 0 Å². The van der Waals surface area contributed by atoms with E-state index in [1.807, 2.05) is 0 Å². The lowest BCUT2D eigenvalue weighted by atomic mass is 9.53. The highest BCUT2D eigenvalue weighted by Gasteiger charge is 2.46. The van der Waals surface area contributed by atoms with Crippen molar-refractivity contribution in [3.8, 4) is 0 Å². The molecule has 6 atom stereocenters. The fourth-order valence-electron chi connectivity index (χ4n) is 4.68. The van der Waals surface area contributed by atoms with E-state index in [2.05, 4.69) is 55.4 Å². The van der Waals surface area contributed by atoms with Crippen molar-refractivity contribution in [3.05, 3.63) is 22.3 Å². The van der Waals surface area contributed by atoms with Crippen LogP contribution in [-0.2, 0) is 0 Å². The van der Waals surface area contributed by atoms with E-state index in [1.165, 1.54) is 0 Å². The Morgan fingerprint density at radius 2 is 0.778 bits per heavy atom. The first-order valence-corrected chi connectivity index (χ1v) is 7.64. The number of hydrogen-bond donors (Lipinski definition) is 0. The van der Waals surface area contributed by atoms with Gasteiger partial charge in [0, 0.05) is 0 Å². The summed E-state index contributed by atoms with van der Waals surface area (Å²) in [7, 11) is 0. The molecule has 0 amide bonds. The third-order valence-electron chi connectivity index (χ3n) is 6.75. The van der Waals surface area contributed by atoms with Crippen molar-refractivity contribution in [1.29, 1.82) is 0 Å². The Bertz CT molecular complexity index is 370. The van der Waals surface area contributed by atoms with Crippen LogP contribution in [0.5, 0.6) is 0 Å². The highest BCUT2D eigenvalue weighted by Crippen LogP contribution is 2.54. The Hall–Kier alpha value is -0.520. The van der Waals surface area contributed by atoms with Crippen LogP contribution in [0, 0.1) is 35.5 Å². The van der Waals surface area contributed by atoms with Crippen molar-refractivity contribution in [2.75, 3.05) is 0 Å². The van der Waals surface area contributed by atoms with Gasteiger partial charge in [0.1, 0.15) is 0 Å². The number of hydrogen-bond acceptors (Lipinski definition) is 0. The molecule has 0 radical (unpaired) electrons. The second-order valence-corrected chi connectivity index (χ2v) is 7.10. The first-order valence-electron chi connectivity index (χ1n) is 7.64. The van der Waals surface area contributed by atoms with E-state index in [4.69, 9.17) is 0 Å². The fourth-order valence-corrected chi connectivity index (χ4v) is 4.68. The molecule has 102 valence electrons. The van der Waals surface area contributed by atoms with E-state index >= 15 is 0 Å². The van der Waals surface area contributed by atoms with E-state index in [1.54, 1.807) is 22.3 Å².